The van der Waals surface area contributed by atoms with E-state index in [0.29, 0.717) is 18.8 Å². The first kappa shape index (κ1) is 13.6. The Hall–Kier alpha value is -2.34. The van der Waals surface area contributed by atoms with E-state index in [1.54, 1.807) is 10.9 Å². The van der Waals surface area contributed by atoms with Crippen LogP contribution >= 0.6 is 0 Å². The van der Waals surface area contributed by atoms with Crippen LogP contribution in [0.3, 0.4) is 0 Å². The molecule has 1 unspecified atom stereocenters. The summed E-state index contributed by atoms with van der Waals surface area (Å²) in [4.78, 5) is 11.5. The number of hydrogen-bond donors (Lipinski definition) is 1. The van der Waals surface area contributed by atoms with Crippen LogP contribution in [0.2, 0.25) is 0 Å². The zero-order chi connectivity index (χ0) is 14.8. The second-order valence-corrected chi connectivity index (χ2v) is 4.95. The molecule has 2 N–H and O–H groups in total. The van der Waals surface area contributed by atoms with Crippen LogP contribution in [0.25, 0.3) is 0 Å². The highest BCUT2D eigenvalue weighted by Crippen LogP contribution is 2.28. The van der Waals surface area contributed by atoms with E-state index in [4.69, 9.17) is 10.5 Å². The maximum atomic E-state index is 11.5. The molecular weight excluding hydrogens is 270 g/mol. The minimum Gasteiger partial charge on any atom is -0.464 e. The van der Waals surface area contributed by atoms with Gasteiger partial charge in [-0.1, -0.05) is 24.3 Å². The molecule has 1 aliphatic rings. The highest BCUT2D eigenvalue weighted by Gasteiger charge is 2.22. The quantitative estimate of drug-likeness (QED) is 0.867. The number of nitrogens with zero attached hydrogens (tertiary/aromatic N) is 2. The number of nitrogen functional groups attached to an aromatic ring is 1. The maximum absolute atomic E-state index is 11.5. The number of rotatable bonds is 3. The molecule has 6 nitrogen and oxygen atoms in total. The molecule has 1 aromatic heterocycles. The fourth-order valence-electron chi connectivity index (χ4n) is 2.58. The van der Waals surface area contributed by atoms with Crippen molar-refractivity contribution in [1.82, 2.24) is 9.78 Å². The lowest BCUT2D eigenvalue weighted by Crippen LogP contribution is -2.21. The number of carbonyl (C=O) groups is 1. The molecule has 1 atom stereocenters. The van der Waals surface area contributed by atoms with Crippen molar-refractivity contribution in [3.05, 3.63) is 47.3 Å². The predicted octanol–water partition coefficient (Wildman–Crippen LogP) is 1.57. The average Bonchev–Trinajstić information content (AvgIpc) is 2.87. The van der Waals surface area contributed by atoms with E-state index in [0.717, 1.165) is 12.0 Å². The molecule has 110 valence electrons. The molecule has 1 aromatic carbocycles. The summed E-state index contributed by atoms with van der Waals surface area (Å²) in [5, 5.41) is 4.18. The van der Waals surface area contributed by atoms with Gasteiger partial charge in [-0.05, 0) is 17.5 Å². The van der Waals surface area contributed by atoms with Crippen LogP contribution in [0.1, 0.15) is 27.7 Å². The maximum Gasteiger partial charge on any atom is 0.360 e. The van der Waals surface area contributed by atoms with Crippen LogP contribution in [0.15, 0.2) is 30.5 Å². The fraction of sp³-hybridized carbons (Fsp3) is 0.333. The molecule has 1 aliphatic heterocycles. The van der Waals surface area contributed by atoms with Gasteiger partial charge in [0.2, 0.25) is 0 Å². The lowest BCUT2D eigenvalue weighted by molar-refractivity contribution is 0.0280. The molecule has 2 aromatic rings. The number of fused-ring (bicyclic) bond motifs is 1. The molecule has 2 heterocycles. The van der Waals surface area contributed by atoms with Crippen molar-refractivity contribution in [2.75, 3.05) is 19.5 Å². The van der Waals surface area contributed by atoms with Gasteiger partial charge in [0, 0.05) is 6.20 Å². The first-order valence-corrected chi connectivity index (χ1v) is 6.79. The van der Waals surface area contributed by atoms with Gasteiger partial charge < -0.3 is 15.2 Å². The Morgan fingerprint density at radius 1 is 1.52 bits per heavy atom. The van der Waals surface area contributed by atoms with Crippen molar-refractivity contribution in [3.63, 3.8) is 0 Å². The van der Waals surface area contributed by atoms with Crippen LogP contribution in [0.5, 0.6) is 0 Å². The third kappa shape index (κ3) is 2.62. The number of benzene rings is 1. The molecule has 0 aliphatic carbocycles. The van der Waals surface area contributed by atoms with Gasteiger partial charge in [0.05, 0.1) is 25.9 Å². The number of esters is 1. The molecule has 0 amide bonds. The number of ether oxygens (including phenoxy) is 2. The van der Waals surface area contributed by atoms with E-state index < -0.39 is 5.97 Å². The summed E-state index contributed by atoms with van der Waals surface area (Å²) in [7, 11) is 1.31. The standard InChI is InChI=1S/C15H17N3O3/c1-20-15(19)14-12(16)8-18(17-14)9-13-11-5-3-2-4-10(11)6-7-21-13/h2-5,8,13H,6-7,9,16H2,1H3. The monoisotopic (exact) mass is 287 g/mol. The number of hydrogen-bond acceptors (Lipinski definition) is 5. The minimum absolute atomic E-state index is 0.0836. The first-order valence-electron chi connectivity index (χ1n) is 6.79. The van der Waals surface area contributed by atoms with Crippen molar-refractivity contribution in [2.24, 2.45) is 0 Å². The van der Waals surface area contributed by atoms with Gasteiger partial charge >= 0.3 is 5.97 Å². The third-order valence-corrected chi connectivity index (χ3v) is 3.61. The zero-order valence-corrected chi connectivity index (χ0v) is 11.8. The van der Waals surface area contributed by atoms with Crippen LogP contribution in [0, 0.1) is 0 Å². The molecule has 0 spiro atoms. The fourth-order valence-corrected chi connectivity index (χ4v) is 2.58. The number of anilines is 1. The SMILES string of the molecule is COC(=O)c1nn(CC2OCCc3ccccc32)cc1N. The average molecular weight is 287 g/mol. The Kier molecular flexibility index (Phi) is 3.62. The summed E-state index contributed by atoms with van der Waals surface area (Å²) in [6.45, 7) is 1.19. The lowest BCUT2D eigenvalue weighted by atomic mass is 9.98. The zero-order valence-electron chi connectivity index (χ0n) is 11.8. The van der Waals surface area contributed by atoms with Crippen molar-refractivity contribution in [3.8, 4) is 0 Å². The van der Waals surface area contributed by atoms with Gasteiger partial charge in [0.15, 0.2) is 5.69 Å². The highest BCUT2D eigenvalue weighted by atomic mass is 16.5. The molecule has 0 radical (unpaired) electrons. The van der Waals surface area contributed by atoms with Crippen LogP contribution in [-0.4, -0.2) is 29.5 Å². The van der Waals surface area contributed by atoms with Gasteiger partial charge in [0.1, 0.15) is 6.10 Å². The van der Waals surface area contributed by atoms with E-state index in [1.165, 1.54) is 12.7 Å². The van der Waals surface area contributed by atoms with E-state index in [1.807, 2.05) is 12.1 Å². The van der Waals surface area contributed by atoms with E-state index in [9.17, 15) is 4.79 Å². The second-order valence-electron chi connectivity index (χ2n) is 4.95. The summed E-state index contributed by atoms with van der Waals surface area (Å²) in [5.41, 5.74) is 8.70. The molecular formula is C15H17N3O3. The highest BCUT2D eigenvalue weighted by molar-refractivity contribution is 5.92. The Morgan fingerprint density at radius 3 is 3.14 bits per heavy atom. The van der Waals surface area contributed by atoms with E-state index in [-0.39, 0.29) is 11.8 Å². The number of carbonyl (C=O) groups excluding carboxylic acids is 1. The summed E-state index contributed by atoms with van der Waals surface area (Å²) in [6.07, 6.45) is 2.47. The third-order valence-electron chi connectivity index (χ3n) is 3.61. The van der Waals surface area contributed by atoms with Crippen LogP contribution in [-0.2, 0) is 22.4 Å². The van der Waals surface area contributed by atoms with E-state index in [2.05, 4.69) is 22.0 Å². The number of nitrogens with two attached hydrogens (primary N) is 1. The molecule has 3 rings (SSSR count). The van der Waals surface area contributed by atoms with Gasteiger partial charge in [0.25, 0.3) is 0 Å². The lowest BCUT2D eigenvalue weighted by Gasteiger charge is -2.25. The summed E-state index contributed by atoms with van der Waals surface area (Å²) in [5.74, 6) is -0.531. The van der Waals surface area contributed by atoms with Crippen molar-refractivity contribution in [1.29, 1.82) is 0 Å². The normalized spacial score (nSPS) is 17.3. The summed E-state index contributed by atoms with van der Waals surface area (Å²) in [6, 6.07) is 8.20. The second kappa shape index (κ2) is 5.57. The van der Waals surface area contributed by atoms with E-state index >= 15 is 0 Å². The number of methoxy groups -OCH3 is 1. The number of aromatic nitrogens is 2. The van der Waals surface area contributed by atoms with Gasteiger partial charge in [-0.2, -0.15) is 5.10 Å². The predicted molar refractivity (Wildman–Crippen MR) is 76.8 cm³/mol. The summed E-state index contributed by atoms with van der Waals surface area (Å²) < 4.78 is 12.1. The van der Waals surface area contributed by atoms with Gasteiger partial charge in [-0.15, -0.1) is 0 Å². The topological polar surface area (TPSA) is 79.4 Å². The molecule has 0 bridgehead atoms. The van der Waals surface area contributed by atoms with Crippen LogP contribution in [0.4, 0.5) is 5.69 Å². The van der Waals surface area contributed by atoms with Gasteiger partial charge in [-0.25, -0.2) is 4.79 Å². The Morgan fingerprint density at radius 2 is 2.33 bits per heavy atom. The molecule has 0 fully saturated rings. The van der Waals surface area contributed by atoms with Crippen molar-refractivity contribution >= 4 is 11.7 Å². The minimum atomic E-state index is -0.531. The molecule has 0 saturated carbocycles. The first-order chi connectivity index (χ1) is 10.2. The largest absolute Gasteiger partial charge is 0.464 e. The van der Waals surface area contributed by atoms with Crippen LogP contribution < -0.4 is 5.73 Å². The van der Waals surface area contributed by atoms with Crippen molar-refractivity contribution in [2.45, 2.75) is 19.1 Å². The molecule has 0 saturated heterocycles. The van der Waals surface area contributed by atoms with Gasteiger partial charge in [-0.3, -0.25) is 4.68 Å². The Labute approximate surface area is 122 Å². The Bertz CT molecular complexity index is 666. The van der Waals surface area contributed by atoms with Crippen molar-refractivity contribution < 1.29 is 14.3 Å². The summed E-state index contributed by atoms with van der Waals surface area (Å²) >= 11 is 0. The smallest absolute Gasteiger partial charge is 0.360 e. The Balaban J connectivity index is 1.84. The molecule has 21 heavy (non-hydrogen) atoms. The molecule has 6 heteroatoms.